The summed E-state index contributed by atoms with van der Waals surface area (Å²) < 4.78 is 4.51. The van der Waals surface area contributed by atoms with Crippen LogP contribution < -0.4 is 0 Å². The number of ether oxygens (including phenoxy) is 1. The Hall–Kier alpha value is -1.62. The average Bonchev–Trinajstić information content (AvgIpc) is 2.28. The zero-order chi connectivity index (χ0) is 12.0. The molecule has 1 rings (SSSR count). The molecule has 0 N–H and O–H groups in total. The first-order valence-corrected chi connectivity index (χ1v) is 5.11. The molecule has 1 aromatic carbocycles. The number of amides is 1. The highest BCUT2D eigenvalue weighted by molar-refractivity contribution is 6.17. The summed E-state index contributed by atoms with van der Waals surface area (Å²) in [5, 5.41) is 8.50. The van der Waals surface area contributed by atoms with Gasteiger partial charge in [0, 0.05) is 7.05 Å². The van der Waals surface area contributed by atoms with Crippen LogP contribution in [-0.4, -0.2) is 24.2 Å². The second-order valence-corrected chi connectivity index (χ2v) is 3.29. The van der Waals surface area contributed by atoms with E-state index in [9.17, 15) is 4.79 Å². The maximum atomic E-state index is 11.1. The van der Waals surface area contributed by atoms with E-state index in [1.165, 1.54) is 7.05 Å². The maximum absolute atomic E-state index is 11.1. The molecule has 0 radical (unpaired) electrons. The summed E-state index contributed by atoms with van der Waals surface area (Å²) in [7, 11) is 1.44. The molecule has 0 atom stereocenters. The third-order valence-electron chi connectivity index (χ3n) is 1.77. The average molecular weight is 242 g/mol. The lowest BCUT2D eigenvalue weighted by atomic mass is 10.2. The second-order valence-electron chi connectivity index (χ2n) is 3.07. The molecule has 16 heavy (non-hydrogen) atoms. The molecule has 0 unspecified atom stereocenters. The van der Waals surface area contributed by atoms with Gasteiger partial charge in [0.2, 0.25) is 0 Å². The fourth-order valence-electron chi connectivity index (χ4n) is 0.907. The predicted molar refractivity (Wildman–Crippen MR) is 60.7 cm³/mol. The number of carbonyl (C=O) groups excluding carboxylic acids is 1. The van der Waals surface area contributed by atoms with Crippen molar-refractivity contribution in [3.05, 3.63) is 29.8 Å². The minimum Gasteiger partial charge on any atom is -0.432 e. The van der Waals surface area contributed by atoms with Crippen LogP contribution in [0.1, 0.15) is 5.56 Å². The van der Waals surface area contributed by atoms with Gasteiger partial charge in [0.15, 0.2) is 6.07 Å². The number of halogens is 1. The fourth-order valence-corrected chi connectivity index (χ4v) is 1.00. The molecule has 1 amide bonds. The molecule has 0 bridgehead atoms. The third kappa shape index (κ3) is 3.86. The predicted octanol–water partition coefficient (Wildman–Crippen LogP) is 3.26. The second kappa shape index (κ2) is 6.07. The molecule has 0 aliphatic heterocycles. The van der Waals surface area contributed by atoms with E-state index in [1.807, 2.05) is 19.1 Å². The highest BCUT2D eigenvalue weighted by atomic mass is 35.5. The van der Waals surface area contributed by atoms with Gasteiger partial charge in [-0.05, 0) is 19.1 Å². The summed E-state index contributed by atoms with van der Waals surface area (Å²) in [6.45, 7) is 1.98. The van der Waals surface area contributed by atoms with Crippen LogP contribution in [0.4, 0.5) is 10.5 Å². The number of benzene rings is 1. The number of hydrogen-bond acceptors (Lipinski definition) is 4. The van der Waals surface area contributed by atoms with E-state index in [2.05, 4.69) is 15.1 Å². The van der Waals surface area contributed by atoms with E-state index in [0.717, 1.165) is 10.6 Å². The summed E-state index contributed by atoms with van der Waals surface area (Å²) in [5.41, 5.74) is 1.80. The highest BCUT2D eigenvalue weighted by Crippen LogP contribution is 2.13. The molecule has 0 spiro atoms. The number of alkyl halides is 1. The van der Waals surface area contributed by atoms with E-state index >= 15 is 0 Å². The Balaban J connectivity index is 2.59. The lowest BCUT2D eigenvalue weighted by Gasteiger charge is -2.07. The van der Waals surface area contributed by atoms with Gasteiger partial charge in [0.25, 0.3) is 0 Å². The van der Waals surface area contributed by atoms with Crippen LogP contribution in [0.25, 0.3) is 0 Å². The minimum atomic E-state index is -0.647. The molecule has 0 heterocycles. The van der Waals surface area contributed by atoms with Crippen molar-refractivity contribution in [2.24, 2.45) is 10.3 Å². The summed E-state index contributed by atoms with van der Waals surface area (Å²) in [6, 6.07) is 7.22. The van der Waals surface area contributed by atoms with E-state index in [1.54, 1.807) is 12.1 Å². The number of hydrogen-bond donors (Lipinski definition) is 0. The van der Waals surface area contributed by atoms with Gasteiger partial charge in [0.1, 0.15) is 0 Å². The summed E-state index contributed by atoms with van der Waals surface area (Å²) in [6.07, 6.45) is -0.647. The Labute approximate surface area is 98.6 Å². The van der Waals surface area contributed by atoms with Crippen LogP contribution in [-0.2, 0) is 4.74 Å². The molecule has 86 valence electrons. The monoisotopic (exact) mass is 241 g/mol. The van der Waals surface area contributed by atoms with Gasteiger partial charge >= 0.3 is 6.09 Å². The molecule has 5 nitrogen and oxygen atoms in total. The van der Waals surface area contributed by atoms with Crippen molar-refractivity contribution in [3.8, 4) is 0 Å². The zero-order valence-electron chi connectivity index (χ0n) is 9.05. The number of rotatable bonds is 3. The normalized spacial score (nSPS) is 10.4. The van der Waals surface area contributed by atoms with Crippen LogP contribution in [0, 0.1) is 6.92 Å². The Morgan fingerprint density at radius 3 is 2.62 bits per heavy atom. The molecule has 6 heteroatoms. The number of aryl methyl sites for hydroxylation is 1. The van der Waals surface area contributed by atoms with Crippen LogP contribution in [0.15, 0.2) is 34.6 Å². The standard InChI is InChI=1S/C10H12ClN3O2/c1-8-3-5-9(6-4-8)12-13-14(2)10(15)16-7-11/h3-6H,7H2,1-2H3. The molecule has 0 aromatic heterocycles. The molecule has 0 saturated heterocycles. The number of carbonyl (C=O) groups is 1. The summed E-state index contributed by atoms with van der Waals surface area (Å²) in [4.78, 5) is 11.1. The molecule has 0 aliphatic carbocycles. The summed E-state index contributed by atoms with van der Waals surface area (Å²) in [5.74, 6) is 0. The third-order valence-corrected chi connectivity index (χ3v) is 1.88. The Morgan fingerprint density at radius 1 is 1.44 bits per heavy atom. The Kier molecular flexibility index (Phi) is 4.72. The fraction of sp³-hybridized carbons (Fsp3) is 0.300. The van der Waals surface area contributed by atoms with Gasteiger partial charge in [-0.2, -0.15) is 5.01 Å². The molecule has 0 saturated carbocycles. The smallest absolute Gasteiger partial charge is 0.432 e. The largest absolute Gasteiger partial charge is 0.432 e. The van der Waals surface area contributed by atoms with Crippen LogP contribution in [0.5, 0.6) is 0 Å². The molecular weight excluding hydrogens is 230 g/mol. The van der Waals surface area contributed by atoms with E-state index in [-0.39, 0.29) is 6.07 Å². The maximum Gasteiger partial charge on any atom is 0.432 e. The first-order valence-electron chi connectivity index (χ1n) is 4.58. The topological polar surface area (TPSA) is 54.3 Å². The Morgan fingerprint density at radius 2 is 2.06 bits per heavy atom. The van der Waals surface area contributed by atoms with Gasteiger partial charge in [-0.25, -0.2) is 4.79 Å². The highest BCUT2D eigenvalue weighted by Gasteiger charge is 2.07. The lowest BCUT2D eigenvalue weighted by molar-refractivity contribution is 0.126. The van der Waals surface area contributed by atoms with Crippen molar-refractivity contribution >= 4 is 23.4 Å². The van der Waals surface area contributed by atoms with Crippen molar-refractivity contribution in [1.82, 2.24) is 5.01 Å². The van der Waals surface area contributed by atoms with E-state index in [0.29, 0.717) is 5.69 Å². The molecule has 0 aliphatic rings. The van der Waals surface area contributed by atoms with Gasteiger partial charge in [-0.3, -0.25) is 0 Å². The van der Waals surface area contributed by atoms with Gasteiger partial charge in [-0.15, -0.1) is 5.11 Å². The first-order chi connectivity index (χ1) is 7.63. The van der Waals surface area contributed by atoms with Crippen molar-refractivity contribution in [2.45, 2.75) is 6.92 Å². The van der Waals surface area contributed by atoms with Crippen molar-refractivity contribution in [3.63, 3.8) is 0 Å². The van der Waals surface area contributed by atoms with Gasteiger partial charge < -0.3 is 4.74 Å². The van der Waals surface area contributed by atoms with Crippen molar-refractivity contribution in [1.29, 1.82) is 0 Å². The van der Waals surface area contributed by atoms with E-state index in [4.69, 9.17) is 11.6 Å². The van der Waals surface area contributed by atoms with Gasteiger partial charge in [0.05, 0.1) is 5.69 Å². The quantitative estimate of drug-likeness (QED) is 0.463. The summed E-state index contributed by atoms with van der Waals surface area (Å²) >= 11 is 5.23. The molecule has 0 fully saturated rings. The first kappa shape index (κ1) is 12.4. The van der Waals surface area contributed by atoms with E-state index < -0.39 is 6.09 Å². The molecular formula is C10H12ClN3O2. The number of nitrogens with zero attached hydrogens (tertiary/aromatic N) is 3. The van der Waals surface area contributed by atoms with Crippen LogP contribution in [0.3, 0.4) is 0 Å². The van der Waals surface area contributed by atoms with Crippen molar-refractivity contribution in [2.75, 3.05) is 13.1 Å². The van der Waals surface area contributed by atoms with Crippen LogP contribution >= 0.6 is 11.6 Å². The van der Waals surface area contributed by atoms with Crippen molar-refractivity contribution < 1.29 is 9.53 Å². The van der Waals surface area contributed by atoms with Crippen LogP contribution in [0.2, 0.25) is 0 Å². The lowest BCUT2D eigenvalue weighted by Crippen LogP contribution is -2.20. The SMILES string of the molecule is Cc1ccc(N=NN(C)C(=O)OCCl)cc1. The van der Waals surface area contributed by atoms with Gasteiger partial charge in [-0.1, -0.05) is 34.5 Å². The minimum absolute atomic E-state index is 0.205. The Bertz CT molecular complexity index is 378. The molecule has 1 aromatic rings. The zero-order valence-corrected chi connectivity index (χ0v) is 9.81.